The SMILES string of the molecule is Cc1cc(-c2cc(CCCCC(F)(F)F)c(C)s2)sc1C. The highest BCUT2D eigenvalue weighted by Crippen LogP contribution is 2.37. The Labute approximate surface area is 131 Å². The third-order valence-corrected chi connectivity index (χ3v) is 6.03. The first-order valence-corrected chi connectivity index (χ1v) is 8.63. The van der Waals surface area contributed by atoms with E-state index in [4.69, 9.17) is 0 Å². The van der Waals surface area contributed by atoms with Crippen molar-refractivity contribution < 1.29 is 13.2 Å². The molecule has 0 fully saturated rings. The van der Waals surface area contributed by atoms with Gasteiger partial charge in [-0.2, -0.15) is 13.2 Å². The van der Waals surface area contributed by atoms with E-state index in [0.717, 1.165) is 6.42 Å². The van der Waals surface area contributed by atoms with Crippen LogP contribution in [0.3, 0.4) is 0 Å². The number of aryl methyl sites for hydroxylation is 4. The molecule has 0 atom stereocenters. The van der Waals surface area contributed by atoms with Crippen molar-refractivity contribution in [2.75, 3.05) is 0 Å². The minimum absolute atomic E-state index is 0.214. The van der Waals surface area contributed by atoms with Crippen molar-refractivity contribution in [1.82, 2.24) is 0 Å². The van der Waals surface area contributed by atoms with Gasteiger partial charge in [-0.3, -0.25) is 0 Å². The number of unbranched alkanes of at least 4 members (excludes halogenated alkanes) is 1. The molecule has 21 heavy (non-hydrogen) atoms. The van der Waals surface area contributed by atoms with Gasteiger partial charge in [-0.05, 0) is 63.3 Å². The lowest BCUT2D eigenvalue weighted by atomic mass is 10.1. The zero-order chi connectivity index (χ0) is 15.6. The molecule has 0 spiro atoms. The summed E-state index contributed by atoms with van der Waals surface area (Å²) in [6.07, 6.45) is -3.15. The van der Waals surface area contributed by atoms with Crippen LogP contribution in [0, 0.1) is 20.8 Å². The molecule has 0 aliphatic carbocycles. The van der Waals surface area contributed by atoms with Crippen LogP contribution >= 0.6 is 22.7 Å². The Kier molecular flexibility index (Phi) is 5.15. The Morgan fingerprint density at radius 1 is 0.905 bits per heavy atom. The number of rotatable bonds is 5. The third-order valence-electron chi connectivity index (χ3n) is 3.59. The number of halogens is 3. The predicted molar refractivity (Wildman–Crippen MR) is 85.5 cm³/mol. The summed E-state index contributed by atoms with van der Waals surface area (Å²) < 4.78 is 36.4. The Hall–Kier alpha value is -0.810. The van der Waals surface area contributed by atoms with Crippen molar-refractivity contribution in [2.45, 2.75) is 52.6 Å². The van der Waals surface area contributed by atoms with E-state index in [-0.39, 0.29) is 6.42 Å². The summed E-state index contributed by atoms with van der Waals surface area (Å²) in [7, 11) is 0. The minimum Gasteiger partial charge on any atom is -0.171 e. The molecule has 0 saturated heterocycles. The van der Waals surface area contributed by atoms with Crippen LogP contribution in [-0.4, -0.2) is 6.18 Å². The topological polar surface area (TPSA) is 0 Å². The van der Waals surface area contributed by atoms with Crippen molar-refractivity contribution in [2.24, 2.45) is 0 Å². The Morgan fingerprint density at radius 3 is 2.10 bits per heavy atom. The molecule has 0 unspecified atom stereocenters. The summed E-state index contributed by atoms with van der Waals surface area (Å²) >= 11 is 3.52. The lowest BCUT2D eigenvalue weighted by Gasteiger charge is -2.05. The van der Waals surface area contributed by atoms with Crippen LogP contribution in [0.5, 0.6) is 0 Å². The highest BCUT2D eigenvalue weighted by molar-refractivity contribution is 7.22. The van der Waals surface area contributed by atoms with E-state index in [9.17, 15) is 13.2 Å². The van der Waals surface area contributed by atoms with Crippen molar-refractivity contribution in [3.63, 3.8) is 0 Å². The van der Waals surface area contributed by atoms with Crippen LogP contribution in [0.1, 0.15) is 40.1 Å². The smallest absolute Gasteiger partial charge is 0.171 e. The van der Waals surface area contributed by atoms with Gasteiger partial charge in [-0.25, -0.2) is 0 Å². The lowest BCUT2D eigenvalue weighted by molar-refractivity contribution is -0.135. The third kappa shape index (κ3) is 4.58. The molecule has 0 aromatic carbocycles. The van der Waals surface area contributed by atoms with E-state index in [1.807, 2.05) is 0 Å². The molecule has 0 saturated carbocycles. The highest BCUT2D eigenvalue weighted by atomic mass is 32.1. The van der Waals surface area contributed by atoms with Crippen LogP contribution < -0.4 is 0 Å². The van der Waals surface area contributed by atoms with E-state index in [1.165, 1.54) is 30.6 Å². The first kappa shape index (κ1) is 16.6. The normalized spacial score (nSPS) is 12.1. The van der Waals surface area contributed by atoms with Crippen LogP contribution in [-0.2, 0) is 6.42 Å². The van der Waals surface area contributed by atoms with Crippen molar-refractivity contribution in [1.29, 1.82) is 0 Å². The van der Waals surface area contributed by atoms with Gasteiger partial charge in [0.2, 0.25) is 0 Å². The van der Waals surface area contributed by atoms with E-state index < -0.39 is 12.6 Å². The highest BCUT2D eigenvalue weighted by Gasteiger charge is 2.25. The molecule has 2 aromatic heterocycles. The van der Waals surface area contributed by atoms with E-state index in [0.29, 0.717) is 6.42 Å². The fraction of sp³-hybridized carbons (Fsp3) is 0.500. The van der Waals surface area contributed by atoms with Gasteiger partial charge in [0, 0.05) is 25.9 Å². The average molecular weight is 332 g/mol. The largest absolute Gasteiger partial charge is 0.389 e. The van der Waals surface area contributed by atoms with Crippen molar-refractivity contribution >= 4 is 22.7 Å². The molecule has 0 nitrogen and oxygen atoms in total. The summed E-state index contributed by atoms with van der Waals surface area (Å²) in [6.45, 7) is 6.27. The average Bonchev–Trinajstić information content (AvgIpc) is 2.89. The second kappa shape index (κ2) is 6.53. The van der Waals surface area contributed by atoms with Gasteiger partial charge in [0.15, 0.2) is 0 Å². The molecule has 5 heteroatoms. The second-order valence-electron chi connectivity index (χ2n) is 5.36. The standard InChI is InChI=1S/C16H19F3S2/c1-10-8-14(20-11(10)2)15-9-13(12(3)21-15)6-4-5-7-16(17,18)19/h8-9H,4-7H2,1-3H3. The van der Waals surface area contributed by atoms with Gasteiger partial charge in [-0.1, -0.05) is 0 Å². The summed E-state index contributed by atoms with van der Waals surface area (Å²) in [5, 5.41) is 0. The lowest BCUT2D eigenvalue weighted by Crippen LogP contribution is -2.06. The maximum absolute atomic E-state index is 12.1. The van der Waals surface area contributed by atoms with Gasteiger partial charge in [-0.15, -0.1) is 22.7 Å². The van der Waals surface area contributed by atoms with Gasteiger partial charge in [0.25, 0.3) is 0 Å². The van der Waals surface area contributed by atoms with Gasteiger partial charge < -0.3 is 0 Å². The van der Waals surface area contributed by atoms with Crippen LogP contribution in [0.4, 0.5) is 13.2 Å². The van der Waals surface area contributed by atoms with E-state index in [1.54, 1.807) is 22.7 Å². The second-order valence-corrected chi connectivity index (χ2v) is 7.88. The molecule has 2 aromatic rings. The fourth-order valence-electron chi connectivity index (χ4n) is 2.22. The Morgan fingerprint density at radius 2 is 1.52 bits per heavy atom. The number of thiophene rings is 2. The molecule has 0 bridgehead atoms. The van der Waals surface area contributed by atoms with Gasteiger partial charge in [0.05, 0.1) is 0 Å². The predicted octanol–water partition coefficient (Wildman–Crippen LogP) is 6.68. The molecule has 116 valence electrons. The molecule has 0 N–H and O–H groups in total. The van der Waals surface area contributed by atoms with E-state index in [2.05, 4.69) is 32.9 Å². The summed E-state index contributed by atoms with van der Waals surface area (Å²) in [5.41, 5.74) is 2.49. The zero-order valence-electron chi connectivity index (χ0n) is 12.4. The molecule has 2 rings (SSSR count). The molecular weight excluding hydrogens is 313 g/mol. The molecule has 0 radical (unpaired) electrons. The Balaban J connectivity index is 1.99. The van der Waals surface area contributed by atoms with E-state index >= 15 is 0 Å². The molecule has 0 aliphatic heterocycles. The first-order chi connectivity index (χ1) is 9.76. The van der Waals surface area contributed by atoms with Gasteiger partial charge >= 0.3 is 6.18 Å². The van der Waals surface area contributed by atoms with Crippen LogP contribution in [0.25, 0.3) is 9.75 Å². The van der Waals surface area contributed by atoms with Crippen molar-refractivity contribution in [3.8, 4) is 9.75 Å². The van der Waals surface area contributed by atoms with Crippen LogP contribution in [0.15, 0.2) is 12.1 Å². The monoisotopic (exact) mass is 332 g/mol. The molecule has 0 amide bonds. The quantitative estimate of drug-likeness (QED) is 0.536. The fourth-order valence-corrected chi connectivity index (χ4v) is 4.40. The van der Waals surface area contributed by atoms with Crippen molar-refractivity contribution in [3.05, 3.63) is 33.0 Å². The molecule has 2 heterocycles. The zero-order valence-corrected chi connectivity index (χ0v) is 14.1. The summed E-state index contributed by atoms with van der Waals surface area (Å²) in [5.74, 6) is 0. The minimum atomic E-state index is -4.03. The summed E-state index contributed by atoms with van der Waals surface area (Å²) in [6, 6.07) is 4.34. The van der Waals surface area contributed by atoms with Gasteiger partial charge in [0.1, 0.15) is 0 Å². The number of hydrogen-bond acceptors (Lipinski definition) is 2. The number of alkyl halides is 3. The Bertz CT molecular complexity index is 586. The maximum Gasteiger partial charge on any atom is 0.389 e. The number of hydrogen-bond donors (Lipinski definition) is 0. The molecular formula is C16H19F3S2. The van der Waals surface area contributed by atoms with Crippen LogP contribution in [0.2, 0.25) is 0 Å². The molecule has 0 aliphatic rings. The summed E-state index contributed by atoms with van der Waals surface area (Å²) in [4.78, 5) is 5.04. The maximum atomic E-state index is 12.1. The first-order valence-electron chi connectivity index (χ1n) is 7.00.